The van der Waals surface area contributed by atoms with E-state index in [0.717, 1.165) is 12.1 Å². The van der Waals surface area contributed by atoms with Crippen LogP contribution >= 0.6 is 11.6 Å². The maximum Gasteiger partial charge on any atom is 0.417 e. The number of hydrogen-bond acceptors (Lipinski definition) is 3. The highest BCUT2D eigenvalue weighted by Gasteiger charge is 2.33. The molecule has 0 spiro atoms. The van der Waals surface area contributed by atoms with Crippen molar-refractivity contribution in [1.82, 2.24) is 4.98 Å². The summed E-state index contributed by atoms with van der Waals surface area (Å²) in [6.45, 7) is 0. The Labute approximate surface area is 173 Å². The zero-order valence-electron chi connectivity index (χ0n) is 15.3. The van der Waals surface area contributed by atoms with Gasteiger partial charge in [0, 0.05) is 17.1 Å². The lowest BCUT2D eigenvalue weighted by atomic mass is 10.2. The minimum atomic E-state index is -4.58. The van der Waals surface area contributed by atoms with Crippen LogP contribution in [0.25, 0.3) is 10.9 Å². The van der Waals surface area contributed by atoms with Gasteiger partial charge in [-0.1, -0.05) is 29.8 Å². The van der Waals surface area contributed by atoms with Crippen molar-refractivity contribution in [1.29, 1.82) is 0 Å². The van der Waals surface area contributed by atoms with Gasteiger partial charge in [0.15, 0.2) is 5.43 Å². The van der Waals surface area contributed by atoms with Gasteiger partial charge in [0.1, 0.15) is 17.3 Å². The lowest BCUT2D eigenvalue weighted by Gasteiger charge is -2.13. The summed E-state index contributed by atoms with van der Waals surface area (Å²) in [7, 11) is 0. The Morgan fingerprint density at radius 1 is 0.900 bits per heavy atom. The van der Waals surface area contributed by atoms with E-state index in [9.17, 15) is 18.0 Å². The highest BCUT2D eigenvalue weighted by molar-refractivity contribution is 6.31. The minimum absolute atomic E-state index is 0.144. The number of pyridine rings is 1. The van der Waals surface area contributed by atoms with Gasteiger partial charge in [-0.3, -0.25) is 4.79 Å². The smallest absolute Gasteiger partial charge is 0.417 e. The van der Waals surface area contributed by atoms with Gasteiger partial charge < -0.3 is 15.0 Å². The van der Waals surface area contributed by atoms with Crippen molar-refractivity contribution in [3.8, 4) is 11.5 Å². The zero-order valence-corrected chi connectivity index (χ0v) is 16.0. The molecule has 3 aromatic carbocycles. The van der Waals surface area contributed by atoms with Crippen LogP contribution in [0.3, 0.4) is 0 Å². The lowest BCUT2D eigenvalue weighted by Crippen LogP contribution is -2.08. The van der Waals surface area contributed by atoms with E-state index in [1.54, 1.807) is 30.3 Å². The number of aromatic nitrogens is 1. The summed E-state index contributed by atoms with van der Waals surface area (Å²) >= 11 is 5.64. The summed E-state index contributed by atoms with van der Waals surface area (Å²) in [6.07, 6.45) is -4.58. The van der Waals surface area contributed by atoms with E-state index in [1.807, 2.05) is 18.2 Å². The Morgan fingerprint density at radius 3 is 2.40 bits per heavy atom. The van der Waals surface area contributed by atoms with Crippen LogP contribution in [0.4, 0.5) is 24.7 Å². The topological polar surface area (TPSA) is 54.1 Å². The number of H-pyrrole nitrogens is 1. The van der Waals surface area contributed by atoms with Gasteiger partial charge in [-0.15, -0.1) is 0 Å². The van der Waals surface area contributed by atoms with Crippen LogP contribution in [-0.4, -0.2) is 4.98 Å². The Morgan fingerprint density at radius 2 is 1.67 bits per heavy atom. The number of fused-ring (bicyclic) bond motifs is 1. The molecule has 2 N–H and O–H groups in total. The number of aromatic amines is 1. The fourth-order valence-corrected chi connectivity index (χ4v) is 3.18. The van der Waals surface area contributed by atoms with E-state index in [2.05, 4.69) is 10.3 Å². The minimum Gasteiger partial charge on any atom is -0.457 e. The van der Waals surface area contributed by atoms with Gasteiger partial charge in [0.2, 0.25) is 0 Å². The molecule has 1 aromatic heterocycles. The van der Waals surface area contributed by atoms with Crippen LogP contribution in [0.15, 0.2) is 77.6 Å². The molecule has 4 nitrogen and oxygen atoms in total. The SMILES string of the molecule is O=c1cc(Nc2ccc(Cl)c(C(F)(F)F)c2)[nH]c2ccc(Oc3ccccc3)cc12. The zero-order chi connectivity index (χ0) is 21.3. The summed E-state index contributed by atoms with van der Waals surface area (Å²) in [6, 6.07) is 18.8. The molecule has 4 rings (SSSR count). The number of halogens is 4. The largest absolute Gasteiger partial charge is 0.457 e. The molecule has 0 unspecified atom stereocenters. The van der Waals surface area contributed by atoms with Crippen molar-refractivity contribution in [3.63, 3.8) is 0 Å². The third-order valence-corrected chi connectivity index (χ3v) is 4.66. The number of hydrogen-bond donors (Lipinski definition) is 2. The Kier molecular flexibility index (Phi) is 5.13. The highest BCUT2D eigenvalue weighted by atomic mass is 35.5. The van der Waals surface area contributed by atoms with Gasteiger partial charge in [-0.2, -0.15) is 13.2 Å². The van der Waals surface area contributed by atoms with Crippen LogP contribution in [0.5, 0.6) is 11.5 Å². The van der Waals surface area contributed by atoms with Gasteiger partial charge in [-0.25, -0.2) is 0 Å². The number of benzene rings is 3. The number of alkyl halides is 3. The fourth-order valence-electron chi connectivity index (χ4n) is 2.96. The molecule has 0 aliphatic carbocycles. The Hall–Kier alpha value is -3.45. The highest BCUT2D eigenvalue weighted by Crippen LogP contribution is 2.36. The fraction of sp³-hybridized carbons (Fsp3) is 0.0455. The van der Waals surface area contributed by atoms with Crippen LogP contribution in [-0.2, 0) is 6.18 Å². The third-order valence-electron chi connectivity index (χ3n) is 4.33. The number of para-hydroxylation sites is 1. The molecule has 0 aliphatic rings. The van der Waals surface area contributed by atoms with E-state index in [0.29, 0.717) is 22.4 Å². The molecule has 152 valence electrons. The number of anilines is 2. The maximum atomic E-state index is 13.1. The van der Waals surface area contributed by atoms with Gasteiger partial charge in [0.25, 0.3) is 0 Å². The van der Waals surface area contributed by atoms with Crippen molar-refractivity contribution in [2.75, 3.05) is 5.32 Å². The first-order valence-electron chi connectivity index (χ1n) is 8.83. The average molecular weight is 431 g/mol. The van der Waals surface area contributed by atoms with Crippen LogP contribution in [0.2, 0.25) is 5.02 Å². The van der Waals surface area contributed by atoms with Crippen LogP contribution < -0.4 is 15.5 Å². The van der Waals surface area contributed by atoms with E-state index in [1.165, 1.54) is 12.1 Å². The molecule has 0 fully saturated rings. The van der Waals surface area contributed by atoms with Gasteiger partial charge in [-0.05, 0) is 48.5 Å². The quantitative estimate of drug-likeness (QED) is 0.377. The molecule has 0 atom stereocenters. The first-order chi connectivity index (χ1) is 14.3. The molecule has 0 bridgehead atoms. The first kappa shape index (κ1) is 19.8. The molecule has 0 saturated carbocycles. The second-order valence-corrected chi connectivity index (χ2v) is 6.89. The first-order valence-corrected chi connectivity index (χ1v) is 9.21. The predicted octanol–water partition coefficient (Wildman–Crippen LogP) is 6.74. The number of rotatable bonds is 4. The van der Waals surface area contributed by atoms with Crippen molar-refractivity contribution in [2.45, 2.75) is 6.18 Å². The molecule has 0 saturated heterocycles. The molecule has 30 heavy (non-hydrogen) atoms. The molecular weight excluding hydrogens is 417 g/mol. The van der Waals surface area contributed by atoms with E-state index < -0.39 is 16.8 Å². The van der Waals surface area contributed by atoms with Crippen LogP contribution in [0, 0.1) is 0 Å². The second-order valence-electron chi connectivity index (χ2n) is 6.49. The van der Waals surface area contributed by atoms with E-state index >= 15 is 0 Å². The molecule has 0 aliphatic heterocycles. The van der Waals surface area contributed by atoms with Crippen molar-refractivity contribution in [2.24, 2.45) is 0 Å². The number of nitrogens with one attached hydrogen (secondary N) is 2. The average Bonchev–Trinajstić information content (AvgIpc) is 2.70. The molecule has 8 heteroatoms. The third kappa shape index (κ3) is 4.26. The van der Waals surface area contributed by atoms with Crippen molar-refractivity contribution in [3.05, 3.63) is 93.6 Å². The predicted molar refractivity (Wildman–Crippen MR) is 111 cm³/mol. The normalized spacial score (nSPS) is 11.5. The molecule has 4 aromatic rings. The summed E-state index contributed by atoms with van der Waals surface area (Å²) < 4.78 is 44.9. The summed E-state index contributed by atoms with van der Waals surface area (Å²) in [5.74, 6) is 1.38. The number of ether oxygens (including phenoxy) is 1. The van der Waals surface area contributed by atoms with Crippen LogP contribution in [0.1, 0.15) is 5.56 Å². The van der Waals surface area contributed by atoms with E-state index in [4.69, 9.17) is 16.3 Å². The monoisotopic (exact) mass is 430 g/mol. The van der Waals surface area contributed by atoms with Gasteiger partial charge >= 0.3 is 6.18 Å². The second kappa shape index (κ2) is 7.76. The lowest BCUT2D eigenvalue weighted by molar-refractivity contribution is -0.137. The maximum absolute atomic E-state index is 13.1. The summed E-state index contributed by atoms with van der Waals surface area (Å²) in [4.78, 5) is 15.6. The summed E-state index contributed by atoms with van der Waals surface area (Å²) in [5, 5.41) is 2.78. The summed E-state index contributed by atoms with van der Waals surface area (Å²) in [5.41, 5.74) is -0.615. The van der Waals surface area contributed by atoms with Crippen molar-refractivity contribution >= 4 is 34.0 Å². The molecule has 0 radical (unpaired) electrons. The van der Waals surface area contributed by atoms with Crippen molar-refractivity contribution < 1.29 is 17.9 Å². The molecule has 0 amide bonds. The van der Waals surface area contributed by atoms with Gasteiger partial charge in [0.05, 0.1) is 16.1 Å². The Bertz CT molecular complexity index is 1270. The molecular formula is C22H14ClF3N2O2. The standard InChI is InChI=1S/C22H14ClF3N2O2/c23-18-8-6-13(10-17(18)22(24,25)26)27-21-12-20(29)16-11-15(7-9-19(16)28-21)30-14-4-2-1-3-5-14/h1-12H,(H2,27,28,29). The Balaban J connectivity index is 1.64. The molecule has 1 heterocycles. The van der Waals surface area contributed by atoms with E-state index in [-0.39, 0.29) is 16.9 Å².